The van der Waals surface area contributed by atoms with Crippen LogP contribution in [0.4, 0.5) is 5.69 Å². The van der Waals surface area contributed by atoms with Crippen LogP contribution in [0.3, 0.4) is 0 Å². The van der Waals surface area contributed by atoms with E-state index < -0.39 is 9.84 Å². The number of ether oxygens (including phenoxy) is 1. The number of hydrogen-bond acceptors (Lipinski definition) is 4. The molecule has 1 unspecified atom stereocenters. The molecular weight excluding hydrogens is 350 g/mol. The quantitative estimate of drug-likeness (QED) is 0.821. The minimum absolute atomic E-state index is 0.109. The van der Waals surface area contributed by atoms with Gasteiger partial charge in [0.1, 0.15) is 5.75 Å². The Morgan fingerprint density at radius 3 is 2.54 bits per heavy atom. The number of fused-ring (bicyclic) bond motifs is 1. The number of para-hydroxylation sites is 1. The minimum Gasteiger partial charge on any atom is -0.490 e. The summed E-state index contributed by atoms with van der Waals surface area (Å²) in [6.45, 7) is 6.37. The lowest BCUT2D eigenvalue weighted by molar-refractivity contribution is 0.0982. The number of rotatable bonds is 4. The van der Waals surface area contributed by atoms with Gasteiger partial charge in [0, 0.05) is 24.4 Å². The molecule has 0 saturated carbocycles. The molecule has 1 amide bonds. The van der Waals surface area contributed by atoms with Crippen molar-refractivity contribution < 1.29 is 17.9 Å². The zero-order chi connectivity index (χ0) is 19.1. The molecule has 1 heterocycles. The SMILES string of the molecule is CC(C)Oc1ccc(S(C)(=O)=O)cc1C(=O)N1CC(C)c2ccccc21. The summed E-state index contributed by atoms with van der Waals surface area (Å²) in [6, 6.07) is 12.3. The van der Waals surface area contributed by atoms with Crippen LogP contribution in [0, 0.1) is 0 Å². The Kier molecular flexibility index (Phi) is 4.80. The van der Waals surface area contributed by atoms with Crippen LogP contribution in [0.2, 0.25) is 0 Å². The second-order valence-corrected chi connectivity index (χ2v) is 8.99. The number of carbonyl (C=O) groups is 1. The maximum Gasteiger partial charge on any atom is 0.262 e. The molecule has 0 aliphatic carbocycles. The fourth-order valence-electron chi connectivity index (χ4n) is 3.22. The van der Waals surface area contributed by atoms with Crippen molar-refractivity contribution >= 4 is 21.4 Å². The third kappa shape index (κ3) is 3.46. The second kappa shape index (κ2) is 6.76. The summed E-state index contributed by atoms with van der Waals surface area (Å²) in [4.78, 5) is 15.1. The van der Waals surface area contributed by atoms with Crippen LogP contribution in [-0.4, -0.2) is 33.2 Å². The van der Waals surface area contributed by atoms with Crippen molar-refractivity contribution in [3.8, 4) is 5.75 Å². The molecule has 2 aromatic rings. The van der Waals surface area contributed by atoms with E-state index in [4.69, 9.17) is 4.74 Å². The van der Waals surface area contributed by atoms with E-state index >= 15 is 0 Å². The molecule has 0 N–H and O–H groups in total. The number of nitrogens with zero attached hydrogens (tertiary/aromatic N) is 1. The Balaban J connectivity index is 2.08. The fourth-order valence-corrected chi connectivity index (χ4v) is 3.87. The molecule has 0 fully saturated rings. The molecule has 1 atom stereocenters. The maximum atomic E-state index is 13.3. The Hall–Kier alpha value is -2.34. The summed E-state index contributed by atoms with van der Waals surface area (Å²) in [5.74, 6) is 0.375. The summed E-state index contributed by atoms with van der Waals surface area (Å²) < 4.78 is 29.7. The fraction of sp³-hybridized carbons (Fsp3) is 0.350. The average molecular weight is 373 g/mol. The third-order valence-electron chi connectivity index (χ3n) is 4.43. The van der Waals surface area contributed by atoms with E-state index in [1.165, 1.54) is 12.1 Å². The summed E-state index contributed by atoms with van der Waals surface area (Å²) in [7, 11) is -3.43. The van der Waals surface area contributed by atoms with Gasteiger partial charge in [0.25, 0.3) is 5.91 Å². The Morgan fingerprint density at radius 2 is 1.88 bits per heavy atom. The van der Waals surface area contributed by atoms with E-state index in [1.807, 2.05) is 38.1 Å². The summed E-state index contributed by atoms with van der Waals surface area (Å²) >= 11 is 0. The van der Waals surface area contributed by atoms with E-state index in [-0.39, 0.29) is 28.4 Å². The normalized spacial score (nSPS) is 16.7. The molecule has 6 heteroatoms. The number of anilines is 1. The van der Waals surface area contributed by atoms with Crippen LogP contribution in [0.1, 0.15) is 42.6 Å². The van der Waals surface area contributed by atoms with Crippen LogP contribution >= 0.6 is 0 Å². The predicted octanol–water partition coefficient (Wildman–Crippen LogP) is 3.64. The summed E-state index contributed by atoms with van der Waals surface area (Å²) in [5.41, 5.74) is 2.25. The van der Waals surface area contributed by atoms with Crippen molar-refractivity contribution in [2.45, 2.75) is 37.7 Å². The number of carbonyl (C=O) groups excluding carboxylic acids is 1. The van der Waals surface area contributed by atoms with E-state index in [1.54, 1.807) is 11.0 Å². The highest BCUT2D eigenvalue weighted by atomic mass is 32.2. The van der Waals surface area contributed by atoms with Crippen molar-refractivity contribution in [1.29, 1.82) is 0 Å². The van der Waals surface area contributed by atoms with Gasteiger partial charge in [0.2, 0.25) is 0 Å². The Labute approximate surface area is 154 Å². The van der Waals surface area contributed by atoms with E-state index in [2.05, 4.69) is 6.92 Å². The minimum atomic E-state index is -3.43. The van der Waals surface area contributed by atoms with Crippen molar-refractivity contribution in [3.05, 3.63) is 53.6 Å². The average Bonchev–Trinajstić information content (AvgIpc) is 2.90. The van der Waals surface area contributed by atoms with Gasteiger partial charge in [-0.1, -0.05) is 25.1 Å². The highest BCUT2D eigenvalue weighted by Crippen LogP contribution is 2.37. The zero-order valence-corrected chi connectivity index (χ0v) is 16.2. The molecule has 3 rings (SSSR count). The second-order valence-electron chi connectivity index (χ2n) is 6.97. The monoisotopic (exact) mass is 373 g/mol. The molecule has 1 aliphatic heterocycles. The maximum absolute atomic E-state index is 13.3. The van der Waals surface area contributed by atoms with Crippen molar-refractivity contribution in [2.24, 2.45) is 0 Å². The lowest BCUT2D eigenvalue weighted by Crippen LogP contribution is -2.30. The Bertz CT molecular complexity index is 950. The third-order valence-corrected chi connectivity index (χ3v) is 5.54. The van der Waals surface area contributed by atoms with Crippen LogP contribution in [0.15, 0.2) is 47.4 Å². The first-order chi connectivity index (χ1) is 12.2. The lowest BCUT2D eigenvalue weighted by atomic mass is 10.0. The molecule has 0 spiro atoms. The first kappa shape index (κ1) is 18.5. The largest absolute Gasteiger partial charge is 0.490 e. The van der Waals surface area contributed by atoms with Gasteiger partial charge in [0.05, 0.1) is 16.6 Å². The molecule has 0 radical (unpaired) electrons. The standard InChI is InChI=1S/C20H23NO4S/c1-13(2)25-19-10-9-15(26(4,23)24)11-17(19)20(22)21-12-14(3)16-7-5-6-8-18(16)21/h5-11,13-14H,12H2,1-4H3. The number of amides is 1. The molecule has 138 valence electrons. The highest BCUT2D eigenvalue weighted by molar-refractivity contribution is 7.90. The summed E-state index contributed by atoms with van der Waals surface area (Å²) in [5, 5.41) is 0. The molecule has 0 bridgehead atoms. The Morgan fingerprint density at radius 1 is 1.19 bits per heavy atom. The zero-order valence-electron chi connectivity index (χ0n) is 15.4. The predicted molar refractivity (Wildman–Crippen MR) is 102 cm³/mol. The van der Waals surface area contributed by atoms with Gasteiger partial charge >= 0.3 is 0 Å². The van der Waals surface area contributed by atoms with Crippen LogP contribution in [-0.2, 0) is 9.84 Å². The van der Waals surface area contributed by atoms with E-state index in [0.29, 0.717) is 12.3 Å². The molecule has 1 aliphatic rings. The van der Waals surface area contributed by atoms with Crippen molar-refractivity contribution in [1.82, 2.24) is 0 Å². The van der Waals surface area contributed by atoms with Crippen LogP contribution in [0.25, 0.3) is 0 Å². The first-order valence-electron chi connectivity index (χ1n) is 8.60. The van der Waals surface area contributed by atoms with Gasteiger partial charge < -0.3 is 9.64 Å². The van der Waals surface area contributed by atoms with Gasteiger partial charge in [-0.3, -0.25) is 4.79 Å². The number of benzene rings is 2. The van der Waals surface area contributed by atoms with Gasteiger partial charge in [-0.2, -0.15) is 0 Å². The van der Waals surface area contributed by atoms with E-state index in [9.17, 15) is 13.2 Å². The highest BCUT2D eigenvalue weighted by Gasteiger charge is 2.32. The first-order valence-corrected chi connectivity index (χ1v) is 10.5. The van der Waals surface area contributed by atoms with Gasteiger partial charge in [-0.15, -0.1) is 0 Å². The van der Waals surface area contributed by atoms with Gasteiger partial charge in [0.15, 0.2) is 9.84 Å². The molecular formula is C20H23NO4S. The van der Waals surface area contributed by atoms with Crippen LogP contribution < -0.4 is 9.64 Å². The van der Waals surface area contributed by atoms with Crippen molar-refractivity contribution in [2.75, 3.05) is 17.7 Å². The van der Waals surface area contributed by atoms with Crippen LogP contribution in [0.5, 0.6) is 5.75 Å². The molecule has 26 heavy (non-hydrogen) atoms. The molecule has 5 nitrogen and oxygen atoms in total. The number of sulfone groups is 1. The van der Waals surface area contributed by atoms with Gasteiger partial charge in [-0.05, 0) is 43.7 Å². The smallest absolute Gasteiger partial charge is 0.262 e. The topological polar surface area (TPSA) is 63.7 Å². The van der Waals surface area contributed by atoms with Crippen molar-refractivity contribution in [3.63, 3.8) is 0 Å². The molecule has 0 saturated heterocycles. The molecule has 2 aromatic carbocycles. The number of hydrogen-bond donors (Lipinski definition) is 0. The lowest BCUT2D eigenvalue weighted by Gasteiger charge is -2.21. The van der Waals surface area contributed by atoms with E-state index in [0.717, 1.165) is 17.5 Å². The summed E-state index contributed by atoms with van der Waals surface area (Å²) in [6.07, 6.45) is 1.00. The van der Waals surface area contributed by atoms with Gasteiger partial charge in [-0.25, -0.2) is 8.42 Å². The molecule has 0 aromatic heterocycles.